The third-order valence-electron chi connectivity index (χ3n) is 3.42. The Morgan fingerprint density at radius 2 is 2.00 bits per heavy atom. The van der Waals surface area contributed by atoms with Gasteiger partial charge in [0.15, 0.2) is 0 Å². The van der Waals surface area contributed by atoms with E-state index < -0.39 is 0 Å². The topological polar surface area (TPSA) is 29.9 Å². The lowest BCUT2D eigenvalue weighted by molar-refractivity contribution is 0.585. The minimum atomic E-state index is 0.253. The van der Waals surface area contributed by atoms with Crippen LogP contribution in [0.15, 0.2) is 42.7 Å². The molecule has 0 unspecified atom stereocenters. The van der Waals surface area contributed by atoms with E-state index >= 15 is 0 Å². The molecule has 82 valence electrons. The Hall–Kier alpha value is -1.61. The van der Waals surface area contributed by atoms with Crippen LogP contribution in [0.3, 0.4) is 0 Å². The van der Waals surface area contributed by atoms with Crippen molar-refractivity contribution in [2.45, 2.75) is 18.4 Å². The standard InChI is InChI=1S/C13H15N3/c1-14-13(7-8-13)11-3-5-12(6-4-11)16-10-2-9-15-16/h2-6,9-10,14H,7-8H2,1H3. The molecule has 1 heterocycles. The first-order valence-corrected chi connectivity index (χ1v) is 5.64. The first-order chi connectivity index (χ1) is 7.84. The molecule has 1 saturated carbocycles. The Bertz CT molecular complexity index is 466. The SMILES string of the molecule is CNC1(c2ccc(-n3cccn3)cc2)CC1. The van der Waals surface area contributed by atoms with Crippen LogP contribution in [0.4, 0.5) is 0 Å². The molecule has 0 radical (unpaired) electrons. The summed E-state index contributed by atoms with van der Waals surface area (Å²) in [6.45, 7) is 0. The predicted molar refractivity (Wildman–Crippen MR) is 63.5 cm³/mol. The van der Waals surface area contributed by atoms with E-state index in [1.807, 2.05) is 24.0 Å². The van der Waals surface area contributed by atoms with E-state index in [-0.39, 0.29) is 5.54 Å². The van der Waals surface area contributed by atoms with Crippen LogP contribution in [-0.4, -0.2) is 16.8 Å². The van der Waals surface area contributed by atoms with Crippen LogP contribution in [0.2, 0.25) is 0 Å². The van der Waals surface area contributed by atoms with Crippen molar-refractivity contribution in [1.29, 1.82) is 0 Å². The van der Waals surface area contributed by atoms with E-state index in [0.717, 1.165) is 5.69 Å². The smallest absolute Gasteiger partial charge is 0.0645 e. The highest BCUT2D eigenvalue weighted by Crippen LogP contribution is 2.44. The van der Waals surface area contributed by atoms with Crippen molar-refractivity contribution in [3.05, 3.63) is 48.3 Å². The monoisotopic (exact) mass is 213 g/mol. The number of benzene rings is 1. The van der Waals surface area contributed by atoms with Gasteiger partial charge in [0.2, 0.25) is 0 Å². The van der Waals surface area contributed by atoms with E-state index in [0.29, 0.717) is 0 Å². The van der Waals surface area contributed by atoms with Crippen LogP contribution >= 0.6 is 0 Å². The molecule has 1 fully saturated rings. The van der Waals surface area contributed by atoms with Gasteiger partial charge in [-0.25, -0.2) is 4.68 Å². The number of nitrogens with zero attached hydrogens (tertiary/aromatic N) is 2. The molecule has 2 aromatic rings. The van der Waals surface area contributed by atoms with Gasteiger partial charge in [-0.3, -0.25) is 0 Å². The second-order valence-corrected chi connectivity index (χ2v) is 4.33. The van der Waals surface area contributed by atoms with Gasteiger partial charge < -0.3 is 5.32 Å². The van der Waals surface area contributed by atoms with Gasteiger partial charge in [-0.1, -0.05) is 12.1 Å². The van der Waals surface area contributed by atoms with Crippen molar-refractivity contribution in [1.82, 2.24) is 15.1 Å². The molecule has 1 aromatic carbocycles. The van der Waals surface area contributed by atoms with Crippen LogP contribution in [0.5, 0.6) is 0 Å². The number of hydrogen-bond donors (Lipinski definition) is 1. The van der Waals surface area contributed by atoms with Crippen molar-refractivity contribution < 1.29 is 0 Å². The summed E-state index contributed by atoms with van der Waals surface area (Å²) < 4.78 is 1.88. The molecule has 3 rings (SSSR count). The molecule has 3 nitrogen and oxygen atoms in total. The van der Waals surface area contributed by atoms with E-state index in [4.69, 9.17) is 0 Å². The van der Waals surface area contributed by atoms with Crippen LogP contribution < -0.4 is 5.32 Å². The lowest BCUT2D eigenvalue weighted by atomic mass is 10.0. The number of aromatic nitrogens is 2. The van der Waals surface area contributed by atoms with E-state index in [2.05, 4.69) is 34.7 Å². The highest BCUT2D eigenvalue weighted by Gasteiger charge is 2.42. The third-order valence-corrected chi connectivity index (χ3v) is 3.42. The Labute approximate surface area is 95.1 Å². The van der Waals surface area contributed by atoms with Crippen LogP contribution in [-0.2, 0) is 5.54 Å². The molecular weight excluding hydrogens is 198 g/mol. The highest BCUT2D eigenvalue weighted by molar-refractivity contribution is 5.38. The molecule has 1 aliphatic carbocycles. The Morgan fingerprint density at radius 1 is 1.25 bits per heavy atom. The van der Waals surface area contributed by atoms with Crippen molar-refractivity contribution in [2.75, 3.05) is 7.05 Å². The summed E-state index contributed by atoms with van der Waals surface area (Å²) in [6.07, 6.45) is 6.24. The molecule has 16 heavy (non-hydrogen) atoms. The minimum absolute atomic E-state index is 0.253. The summed E-state index contributed by atoms with van der Waals surface area (Å²) in [5.41, 5.74) is 2.74. The van der Waals surface area contributed by atoms with Gasteiger partial charge in [-0.15, -0.1) is 0 Å². The fraction of sp³-hybridized carbons (Fsp3) is 0.308. The van der Waals surface area contributed by atoms with E-state index in [1.165, 1.54) is 18.4 Å². The van der Waals surface area contributed by atoms with Gasteiger partial charge in [0.25, 0.3) is 0 Å². The Kier molecular flexibility index (Phi) is 2.07. The van der Waals surface area contributed by atoms with Crippen molar-refractivity contribution in [3.8, 4) is 5.69 Å². The molecular formula is C13H15N3. The second kappa shape index (κ2) is 3.46. The average molecular weight is 213 g/mol. The zero-order valence-electron chi connectivity index (χ0n) is 9.35. The normalized spacial score (nSPS) is 17.3. The highest BCUT2D eigenvalue weighted by atomic mass is 15.3. The molecule has 1 aliphatic rings. The molecule has 3 heteroatoms. The predicted octanol–water partition coefficient (Wildman–Crippen LogP) is 2.08. The summed E-state index contributed by atoms with van der Waals surface area (Å²) >= 11 is 0. The van der Waals surface area contributed by atoms with Crippen molar-refractivity contribution in [3.63, 3.8) is 0 Å². The third kappa shape index (κ3) is 1.44. The number of rotatable bonds is 3. The molecule has 0 spiro atoms. The number of hydrogen-bond acceptors (Lipinski definition) is 2. The quantitative estimate of drug-likeness (QED) is 0.846. The summed E-state index contributed by atoms with van der Waals surface area (Å²) in [4.78, 5) is 0. The van der Waals surface area contributed by atoms with Gasteiger partial charge in [0.05, 0.1) is 5.69 Å². The van der Waals surface area contributed by atoms with Crippen molar-refractivity contribution in [2.24, 2.45) is 0 Å². The summed E-state index contributed by atoms with van der Waals surface area (Å²) in [6, 6.07) is 10.6. The molecule has 0 amide bonds. The molecule has 0 saturated heterocycles. The van der Waals surface area contributed by atoms with Gasteiger partial charge in [0.1, 0.15) is 0 Å². The van der Waals surface area contributed by atoms with Crippen LogP contribution in [0, 0.1) is 0 Å². The molecule has 0 aliphatic heterocycles. The lowest BCUT2D eigenvalue weighted by Crippen LogP contribution is -2.24. The summed E-state index contributed by atoms with van der Waals surface area (Å²) in [5, 5.41) is 7.62. The maximum atomic E-state index is 4.22. The molecule has 1 N–H and O–H groups in total. The molecule has 0 atom stereocenters. The second-order valence-electron chi connectivity index (χ2n) is 4.33. The lowest BCUT2D eigenvalue weighted by Gasteiger charge is -2.14. The number of nitrogens with one attached hydrogen (secondary N) is 1. The largest absolute Gasteiger partial charge is 0.310 e. The van der Waals surface area contributed by atoms with Crippen LogP contribution in [0.1, 0.15) is 18.4 Å². The van der Waals surface area contributed by atoms with Crippen LogP contribution in [0.25, 0.3) is 5.69 Å². The van der Waals surface area contributed by atoms with E-state index in [9.17, 15) is 0 Å². The van der Waals surface area contributed by atoms with Crippen molar-refractivity contribution >= 4 is 0 Å². The van der Waals surface area contributed by atoms with Gasteiger partial charge in [0, 0.05) is 17.9 Å². The fourth-order valence-corrected chi connectivity index (χ4v) is 2.16. The Balaban J connectivity index is 1.91. The zero-order chi connectivity index (χ0) is 11.0. The Morgan fingerprint density at radius 3 is 2.50 bits per heavy atom. The average Bonchev–Trinajstić information content (AvgIpc) is 2.96. The first kappa shape index (κ1) is 9.60. The minimum Gasteiger partial charge on any atom is -0.310 e. The van der Waals surface area contributed by atoms with E-state index in [1.54, 1.807) is 6.20 Å². The van der Waals surface area contributed by atoms with Gasteiger partial charge in [-0.05, 0) is 43.7 Å². The first-order valence-electron chi connectivity index (χ1n) is 5.64. The molecule has 0 bridgehead atoms. The van der Waals surface area contributed by atoms with Gasteiger partial charge in [-0.2, -0.15) is 5.10 Å². The summed E-state index contributed by atoms with van der Waals surface area (Å²) in [5.74, 6) is 0. The zero-order valence-corrected chi connectivity index (χ0v) is 9.35. The summed E-state index contributed by atoms with van der Waals surface area (Å²) in [7, 11) is 2.04. The maximum absolute atomic E-state index is 4.22. The fourth-order valence-electron chi connectivity index (χ4n) is 2.16. The molecule has 1 aromatic heterocycles. The van der Waals surface area contributed by atoms with Gasteiger partial charge >= 0.3 is 0 Å². The maximum Gasteiger partial charge on any atom is 0.0645 e.